The Morgan fingerprint density at radius 3 is 2.68 bits per heavy atom. The molecule has 0 spiro atoms. The molecule has 2 aromatic heterocycles. The van der Waals surface area contributed by atoms with Crippen molar-refractivity contribution in [3.63, 3.8) is 0 Å². The normalized spacial score (nSPS) is 11.0. The molecule has 0 saturated carbocycles. The van der Waals surface area contributed by atoms with Gasteiger partial charge >= 0.3 is 5.69 Å². The highest BCUT2D eigenvalue weighted by Crippen LogP contribution is 2.15. The minimum Gasteiger partial charge on any atom is -0.303 e. The van der Waals surface area contributed by atoms with Crippen LogP contribution in [0.1, 0.15) is 5.56 Å². The first-order valence-electron chi connectivity index (χ1n) is 6.82. The van der Waals surface area contributed by atoms with Gasteiger partial charge in [-0.2, -0.15) is 4.98 Å². The minimum atomic E-state index is -0.506. The van der Waals surface area contributed by atoms with Gasteiger partial charge in [0, 0.05) is 13.6 Å². The van der Waals surface area contributed by atoms with Gasteiger partial charge in [-0.15, -0.1) is 0 Å². The van der Waals surface area contributed by atoms with Crippen molar-refractivity contribution in [3.05, 3.63) is 56.7 Å². The van der Waals surface area contributed by atoms with Crippen LogP contribution in [-0.4, -0.2) is 19.1 Å². The van der Waals surface area contributed by atoms with Gasteiger partial charge < -0.3 is 4.57 Å². The lowest BCUT2D eigenvalue weighted by Gasteiger charge is -2.08. The first-order chi connectivity index (χ1) is 10.6. The second-order valence-electron chi connectivity index (χ2n) is 4.96. The Kier molecular flexibility index (Phi) is 3.51. The molecule has 0 unspecified atom stereocenters. The zero-order valence-corrected chi connectivity index (χ0v) is 12.0. The van der Waals surface area contributed by atoms with E-state index in [-0.39, 0.29) is 0 Å². The number of fused-ring (bicyclic) bond motifs is 1. The SMILES string of the molecule is Cn1c(=O)[nH]c(=O)c2c1nc(NN)n2CCc1ccccc1. The summed E-state index contributed by atoms with van der Waals surface area (Å²) in [6.07, 6.45) is 0.712. The highest BCUT2D eigenvalue weighted by atomic mass is 16.2. The van der Waals surface area contributed by atoms with Crippen molar-refractivity contribution in [2.24, 2.45) is 12.9 Å². The summed E-state index contributed by atoms with van der Waals surface area (Å²) in [5.41, 5.74) is 3.26. The van der Waals surface area contributed by atoms with E-state index < -0.39 is 11.2 Å². The number of hydrogen-bond acceptors (Lipinski definition) is 5. The van der Waals surface area contributed by atoms with E-state index in [2.05, 4.69) is 15.4 Å². The monoisotopic (exact) mass is 300 g/mol. The number of rotatable bonds is 4. The third kappa shape index (κ3) is 2.29. The van der Waals surface area contributed by atoms with Crippen LogP contribution < -0.4 is 22.5 Å². The quantitative estimate of drug-likeness (QED) is 0.462. The Morgan fingerprint density at radius 1 is 1.27 bits per heavy atom. The largest absolute Gasteiger partial charge is 0.329 e. The molecule has 8 nitrogen and oxygen atoms in total. The summed E-state index contributed by atoms with van der Waals surface area (Å²) in [4.78, 5) is 30.3. The van der Waals surface area contributed by atoms with Gasteiger partial charge in [0.25, 0.3) is 5.56 Å². The van der Waals surface area contributed by atoms with Gasteiger partial charge in [0.15, 0.2) is 11.2 Å². The standard InChI is InChI=1S/C14H16N6O2/c1-19-11-10(12(21)17-14(19)22)20(13(16-11)18-15)8-7-9-5-3-2-4-6-9/h2-6H,7-8,15H2,1H3,(H,16,18)(H,17,21,22). The summed E-state index contributed by atoms with van der Waals surface area (Å²) in [6, 6.07) is 9.88. The Balaban J connectivity index is 2.10. The molecule has 0 aliphatic rings. The summed E-state index contributed by atoms with van der Waals surface area (Å²) in [5.74, 6) is 5.83. The highest BCUT2D eigenvalue weighted by Gasteiger charge is 2.16. The molecule has 1 aromatic carbocycles. The van der Waals surface area contributed by atoms with E-state index in [4.69, 9.17) is 5.84 Å². The summed E-state index contributed by atoms with van der Waals surface area (Å²) >= 11 is 0. The smallest absolute Gasteiger partial charge is 0.303 e. The molecular formula is C14H16N6O2. The molecule has 0 atom stereocenters. The molecule has 0 aliphatic carbocycles. The first-order valence-corrected chi connectivity index (χ1v) is 6.82. The summed E-state index contributed by atoms with van der Waals surface area (Å²) < 4.78 is 2.97. The average Bonchev–Trinajstić information content (AvgIpc) is 2.91. The zero-order valence-electron chi connectivity index (χ0n) is 12.0. The van der Waals surface area contributed by atoms with Crippen molar-refractivity contribution in [2.45, 2.75) is 13.0 Å². The van der Waals surface area contributed by atoms with Crippen molar-refractivity contribution >= 4 is 17.1 Å². The molecule has 8 heteroatoms. The third-order valence-corrected chi connectivity index (χ3v) is 3.60. The molecule has 0 fully saturated rings. The Labute approximate surface area is 125 Å². The van der Waals surface area contributed by atoms with Gasteiger partial charge in [0.05, 0.1) is 0 Å². The number of nitrogens with zero attached hydrogens (tertiary/aromatic N) is 3. The lowest BCUT2D eigenvalue weighted by atomic mass is 10.1. The van der Waals surface area contributed by atoms with Crippen LogP contribution >= 0.6 is 0 Å². The van der Waals surface area contributed by atoms with Crippen LogP contribution in [0.15, 0.2) is 39.9 Å². The second-order valence-corrected chi connectivity index (χ2v) is 4.96. The van der Waals surface area contributed by atoms with Gasteiger partial charge in [-0.1, -0.05) is 30.3 Å². The maximum Gasteiger partial charge on any atom is 0.329 e. The number of hydrazine groups is 1. The molecule has 0 amide bonds. The van der Waals surface area contributed by atoms with Crippen molar-refractivity contribution in [1.82, 2.24) is 19.1 Å². The van der Waals surface area contributed by atoms with Crippen LogP contribution in [0.4, 0.5) is 5.95 Å². The van der Waals surface area contributed by atoms with Crippen LogP contribution in [0.25, 0.3) is 11.2 Å². The number of aromatic nitrogens is 4. The number of anilines is 1. The fraction of sp³-hybridized carbons (Fsp3) is 0.214. The van der Waals surface area contributed by atoms with Crippen LogP contribution in [0.5, 0.6) is 0 Å². The summed E-state index contributed by atoms with van der Waals surface area (Å²) in [6.45, 7) is 0.515. The maximum absolute atomic E-state index is 12.1. The lowest BCUT2D eigenvalue weighted by molar-refractivity contribution is 0.716. The number of benzene rings is 1. The Bertz CT molecular complexity index is 922. The molecule has 2 heterocycles. The van der Waals surface area contributed by atoms with E-state index in [1.165, 1.54) is 4.57 Å². The zero-order chi connectivity index (χ0) is 15.7. The van der Waals surface area contributed by atoms with Gasteiger partial charge in [0.2, 0.25) is 5.95 Å². The van der Waals surface area contributed by atoms with E-state index in [0.29, 0.717) is 30.1 Å². The van der Waals surface area contributed by atoms with E-state index in [1.54, 1.807) is 11.6 Å². The highest BCUT2D eigenvalue weighted by molar-refractivity contribution is 5.73. The molecule has 22 heavy (non-hydrogen) atoms. The Morgan fingerprint density at radius 2 is 2.00 bits per heavy atom. The van der Waals surface area contributed by atoms with Crippen LogP contribution in [-0.2, 0) is 20.0 Å². The molecule has 4 N–H and O–H groups in total. The van der Waals surface area contributed by atoms with E-state index in [0.717, 1.165) is 5.56 Å². The van der Waals surface area contributed by atoms with Gasteiger partial charge in [-0.05, 0) is 12.0 Å². The van der Waals surface area contributed by atoms with Crippen molar-refractivity contribution < 1.29 is 0 Å². The molecule has 3 aromatic rings. The van der Waals surface area contributed by atoms with Crippen molar-refractivity contribution in [3.8, 4) is 0 Å². The van der Waals surface area contributed by atoms with E-state index in [9.17, 15) is 9.59 Å². The predicted molar refractivity (Wildman–Crippen MR) is 83.6 cm³/mol. The van der Waals surface area contributed by atoms with Crippen molar-refractivity contribution in [2.75, 3.05) is 5.43 Å². The average molecular weight is 300 g/mol. The number of aromatic amines is 1. The molecule has 3 rings (SSSR count). The van der Waals surface area contributed by atoms with Crippen LogP contribution in [0.3, 0.4) is 0 Å². The number of nitrogens with two attached hydrogens (primary N) is 1. The van der Waals surface area contributed by atoms with Crippen molar-refractivity contribution in [1.29, 1.82) is 0 Å². The number of H-pyrrole nitrogens is 1. The van der Waals surface area contributed by atoms with Gasteiger partial charge in [-0.3, -0.25) is 19.8 Å². The van der Waals surface area contributed by atoms with Gasteiger partial charge in [-0.25, -0.2) is 10.6 Å². The second kappa shape index (κ2) is 5.49. The minimum absolute atomic E-state index is 0.301. The summed E-state index contributed by atoms with van der Waals surface area (Å²) in [5, 5.41) is 0. The van der Waals surface area contributed by atoms with E-state index in [1.807, 2.05) is 30.3 Å². The van der Waals surface area contributed by atoms with Crippen LogP contribution in [0, 0.1) is 0 Å². The lowest BCUT2D eigenvalue weighted by Crippen LogP contribution is -2.29. The fourth-order valence-electron chi connectivity index (χ4n) is 2.45. The fourth-order valence-corrected chi connectivity index (χ4v) is 2.45. The molecule has 0 radical (unpaired) electrons. The number of imidazole rings is 1. The van der Waals surface area contributed by atoms with Gasteiger partial charge in [0.1, 0.15) is 0 Å². The number of aryl methyl sites for hydroxylation is 3. The summed E-state index contributed by atoms with van der Waals surface area (Å²) in [7, 11) is 1.55. The molecule has 114 valence electrons. The van der Waals surface area contributed by atoms with E-state index >= 15 is 0 Å². The van der Waals surface area contributed by atoms with Crippen LogP contribution in [0.2, 0.25) is 0 Å². The maximum atomic E-state index is 12.1. The predicted octanol–water partition coefficient (Wildman–Crippen LogP) is -0.0484. The topological polar surface area (TPSA) is 111 Å². The third-order valence-electron chi connectivity index (χ3n) is 3.60. The number of nitrogen functional groups attached to an aromatic ring is 1. The molecule has 0 aliphatic heterocycles. The Hall–Kier alpha value is -2.87. The number of nitrogens with one attached hydrogen (secondary N) is 2. The molecule has 0 saturated heterocycles. The number of hydrogen-bond donors (Lipinski definition) is 3. The molecule has 0 bridgehead atoms. The first kappa shape index (κ1) is 14.1. The molecular weight excluding hydrogens is 284 g/mol.